The molecule has 0 bridgehead atoms. The van der Waals surface area contributed by atoms with Gasteiger partial charge < -0.3 is 4.42 Å². The maximum atomic E-state index is 6.40. The Morgan fingerprint density at radius 1 is 0.181 bits per heavy atom. The van der Waals surface area contributed by atoms with Gasteiger partial charge in [-0.1, -0.05) is 376 Å². The second kappa shape index (κ2) is 34.3. The van der Waals surface area contributed by atoms with Crippen molar-refractivity contribution in [3.8, 4) is 130 Å². The summed E-state index contributed by atoms with van der Waals surface area (Å²) < 4.78 is 18.3. The molecule has 646 valence electrons. The minimum atomic E-state index is 0.642. The van der Waals surface area contributed by atoms with Gasteiger partial charge in [0.2, 0.25) is 17.8 Å². The first kappa shape index (κ1) is 80.9. The van der Waals surface area contributed by atoms with E-state index in [1.807, 2.05) is 114 Å². The Morgan fingerprint density at radius 2 is 0.478 bits per heavy atom. The third kappa shape index (κ3) is 14.4. The molecular formula is C126H79N9OS2. The lowest BCUT2D eigenvalue weighted by Crippen LogP contribution is -2.04. The average Bonchev–Trinajstić information content (AvgIpc) is 1.59. The van der Waals surface area contributed by atoms with Crippen LogP contribution in [-0.2, 0) is 0 Å². The largest absolute Gasteiger partial charge is 0.455 e. The van der Waals surface area contributed by atoms with Crippen LogP contribution in [0.3, 0.4) is 0 Å². The van der Waals surface area contributed by atoms with Gasteiger partial charge in [0, 0.05) is 123 Å². The zero-order valence-electron chi connectivity index (χ0n) is 74.4. The number of para-hydroxylation sites is 4. The fourth-order valence-electron chi connectivity index (χ4n) is 20.0. The fourth-order valence-corrected chi connectivity index (χ4v) is 22.5. The predicted octanol–water partition coefficient (Wildman–Crippen LogP) is 34.0. The summed E-state index contributed by atoms with van der Waals surface area (Å²) in [5, 5.41) is 14.5. The van der Waals surface area contributed by atoms with E-state index in [0.29, 0.717) is 17.8 Å². The van der Waals surface area contributed by atoms with Crippen LogP contribution in [0, 0.1) is 0 Å². The van der Waals surface area contributed by atoms with Crippen molar-refractivity contribution in [3.63, 3.8) is 0 Å². The molecule has 0 aliphatic carbocycles. The van der Waals surface area contributed by atoms with Gasteiger partial charge in [-0.05, 0) is 147 Å². The first-order valence-corrected chi connectivity index (χ1v) is 48.0. The maximum absolute atomic E-state index is 6.40. The molecule has 28 aromatic rings. The molecule has 0 aliphatic rings. The van der Waals surface area contributed by atoms with E-state index in [2.05, 4.69) is 402 Å². The molecule has 10 nitrogen and oxygen atoms in total. The maximum Gasteiger partial charge on any atom is 0.235 e. The fraction of sp³-hybridized carbons (Fsp3) is 0. The number of rotatable bonds is 13. The molecule has 0 spiro atoms. The highest BCUT2D eigenvalue weighted by Crippen LogP contribution is 2.48. The van der Waals surface area contributed by atoms with Gasteiger partial charge in [-0.2, -0.15) is 0 Å². The molecule has 0 saturated carbocycles. The summed E-state index contributed by atoms with van der Waals surface area (Å²) in [7, 11) is 0. The van der Waals surface area contributed by atoms with E-state index in [1.54, 1.807) is 0 Å². The summed E-state index contributed by atoms with van der Waals surface area (Å²) >= 11 is 3.74. The van der Waals surface area contributed by atoms with E-state index >= 15 is 0 Å². The van der Waals surface area contributed by atoms with Gasteiger partial charge >= 0.3 is 0 Å². The molecule has 9 aromatic heterocycles. The van der Waals surface area contributed by atoms with Gasteiger partial charge in [0.15, 0.2) is 0 Å². The quantitative estimate of drug-likeness (QED) is 0.113. The Balaban J connectivity index is 0.000000107. The van der Waals surface area contributed by atoms with E-state index in [4.69, 9.17) is 34.3 Å². The van der Waals surface area contributed by atoms with Crippen LogP contribution < -0.4 is 0 Å². The lowest BCUT2D eigenvalue weighted by atomic mass is 9.99. The molecule has 0 atom stereocenters. The molecule has 0 saturated heterocycles. The number of furan rings is 1. The summed E-state index contributed by atoms with van der Waals surface area (Å²) in [5.74, 6) is 1.96. The number of hydrogen-bond acceptors (Lipinski definition) is 9. The van der Waals surface area contributed by atoms with Crippen molar-refractivity contribution in [2.45, 2.75) is 0 Å². The van der Waals surface area contributed by atoms with Crippen molar-refractivity contribution in [3.05, 3.63) is 479 Å². The molecule has 19 aromatic carbocycles. The van der Waals surface area contributed by atoms with E-state index in [0.717, 1.165) is 133 Å². The van der Waals surface area contributed by atoms with Gasteiger partial charge in [0.05, 0.1) is 61.6 Å². The first-order valence-electron chi connectivity index (χ1n) is 46.3. The van der Waals surface area contributed by atoms with E-state index in [9.17, 15) is 0 Å². The Hall–Kier alpha value is -17.9. The number of aromatic nitrogens is 9. The van der Waals surface area contributed by atoms with E-state index < -0.39 is 0 Å². The van der Waals surface area contributed by atoms with Crippen molar-refractivity contribution in [1.29, 1.82) is 0 Å². The number of benzene rings is 19. The van der Waals surface area contributed by atoms with Gasteiger partial charge in [0.1, 0.15) is 11.2 Å². The van der Waals surface area contributed by atoms with Gasteiger partial charge in [-0.3, -0.25) is 13.7 Å². The Bertz CT molecular complexity index is 9530. The van der Waals surface area contributed by atoms with E-state index in [-0.39, 0.29) is 0 Å². The van der Waals surface area contributed by atoms with Crippen LogP contribution in [0.5, 0.6) is 0 Å². The van der Waals surface area contributed by atoms with Crippen molar-refractivity contribution in [1.82, 2.24) is 43.6 Å². The van der Waals surface area contributed by atoms with Crippen LogP contribution in [-0.4, -0.2) is 43.6 Å². The summed E-state index contributed by atoms with van der Waals surface area (Å²) in [4.78, 5) is 30.7. The molecule has 0 N–H and O–H groups in total. The third-order valence-corrected chi connectivity index (χ3v) is 29.0. The molecule has 138 heavy (non-hydrogen) atoms. The van der Waals surface area contributed by atoms with Crippen LogP contribution in [0.15, 0.2) is 484 Å². The minimum absolute atomic E-state index is 0.642. The average molecular weight is 1800 g/mol. The molecule has 0 amide bonds. The lowest BCUT2D eigenvalue weighted by Gasteiger charge is -2.12. The molecule has 0 fully saturated rings. The third-order valence-electron chi connectivity index (χ3n) is 26.6. The van der Waals surface area contributed by atoms with Crippen molar-refractivity contribution in [2.24, 2.45) is 0 Å². The first-order chi connectivity index (χ1) is 68.4. The van der Waals surface area contributed by atoms with Gasteiger partial charge in [0.25, 0.3) is 0 Å². The number of thiophene rings is 2. The summed E-state index contributed by atoms with van der Waals surface area (Å²) in [6.45, 7) is 0. The minimum Gasteiger partial charge on any atom is -0.455 e. The number of hydrogen-bond donors (Lipinski definition) is 0. The van der Waals surface area contributed by atoms with Crippen LogP contribution in [0.4, 0.5) is 0 Å². The van der Waals surface area contributed by atoms with E-state index in [1.165, 1.54) is 106 Å². The normalized spacial score (nSPS) is 11.6. The predicted molar refractivity (Wildman–Crippen MR) is 577 cm³/mol. The molecule has 0 unspecified atom stereocenters. The monoisotopic (exact) mass is 1800 g/mol. The number of nitrogens with zero attached hydrogens (tertiary/aromatic N) is 9. The molecule has 0 radical (unpaired) electrons. The lowest BCUT2D eigenvalue weighted by molar-refractivity contribution is 0.670. The highest BCUT2D eigenvalue weighted by Gasteiger charge is 2.25. The van der Waals surface area contributed by atoms with Crippen molar-refractivity contribution < 1.29 is 4.42 Å². The van der Waals surface area contributed by atoms with Crippen LogP contribution >= 0.6 is 22.7 Å². The highest BCUT2D eigenvalue weighted by molar-refractivity contribution is 7.26. The van der Waals surface area contributed by atoms with Gasteiger partial charge in [-0.25, -0.2) is 29.9 Å². The highest BCUT2D eigenvalue weighted by atomic mass is 32.1. The zero-order valence-corrected chi connectivity index (χ0v) is 76.0. The summed E-state index contributed by atoms with van der Waals surface area (Å²) in [6, 6.07) is 167. The zero-order chi connectivity index (χ0) is 91.1. The standard InChI is InChI=1S/C46H29N3S.C40H25N3O.C40H25N3S/c1-3-12-30(13-4-1)31-22-24-33(25-23-31)41-29-40(32-14-5-2-6-15-32)47-46(48-41)49-42-20-9-7-16-36(42)39-28-34(26-27-43(39)49)35-18-11-19-38-37-17-8-10-21-44(37)50-45(35)38;1-3-12-26(13-4-1)34-25-35(27-14-5-2-6-15-27)42-40(41-34)43-36-20-9-7-16-30(36)33-24-28(22-23-37(33)43)29-18-11-19-32-31-17-8-10-21-38(31)44-39(29)32;1-3-10-26(11-4-1)28-18-20-36-33(24-28)34-25-29(30-15-9-16-32-31-14-7-8-17-38(31)44-39(30)32)19-21-37(34)43(36)40-41-23-22-35(42-40)27-12-5-2-6-13-27/h1-29H;2*1-25H. The second-order valence-electron chi connectivity index (χ2n) is 34.7. The van der Waals surface area contributed by atoms with Crippen molar-refractivity contribution in [2.75, 3.05) is 0 Å². The molecule has 28 rings (SSSR count). The smallest absolute Gasteiger partial charge is 0.235 e. The summed E-state index contributed by atoms with van der Waals surface area (Å²) in [5.41, 5.74) is 29.8. The van der Waals surface area contributed by atoms with Crippen molar-refractivity contribution >= 4 is 150 Å². The summed E-state index contributed by atoms with van der Waals surface area (Å²) in [6.07, 6.45) is 1.86. The Labute approximate surface area is 801 Å². The molecule has 12 heteroatoms. The Kier molecular flexibility index (Phi) is 20.1. The number of fused-ring (bicyclic) bond motifs is 18. The molecular weight excluding hydrogens is 1720 g/mol. The topological polar surface area (TPSA) is 105 Å². The molecule has 0 aliphatic heterocycles. The van der Waals surface area contributed by atoms with Gasteiger partial charge in [-0.15, -0.1) is 22.7 Å². The van der Waals surface area contributed by atoms with Crippen LogP contribution in [0.25, 0.3) is 257 Å². The molecule has 9 heterocycles. The second-order valence-corrected chi connectivity index (χ2v) is 36.8. The Morgan fingerprint density at radius 3 is 0.942 bits per heavy atom. The van der Waals surface area contributed by atoms with Crippen LogP contribution in [0.1, 0.15) is 0 Å². The SMILES string of the molecule is c1ccc(-c2cc(-c3ccccc3)nc(-n3c4ccccc4c4cc(-c5cccc6c5oc5ccccc56)ccc43)n2)cc1.c1ccc(-c2ccc(-c3cc(-c4ccccc4)nc(-n4c5ccccc5c5cc(-c6cccc7c6sc6ccccc67)ccc54)n3)cc2)cc1.c1ccc(-c2ccc3c(c2)c2cc(-c4cccc5c4sc4ccccc45)ccc2n3-c2nccc(-c3ccccc3)n2)cc1. The van der Waals surface area contributed by atoms with Crippen LogP contribution in [0.2, 0.25) is 0 Å².